The van der Waals surface area contributed by atoms with Gasteiger partial charge in [-0.3, -0.25) is 15.0 Å². The lowest BCUT2D eigenvalue weighted by Crippen LogP contribution is -2.18. The fourth-order valence-corrected chi connectivity index (χ4v) is 5.31. The molecule has 188 valence electrons. The molecule has 1 fully saturated rings. The molecule has 1 saturated heterocycles. The fourth-order valence-electron chi connectivity index (χ4n) is 5.31. The maximum absolute atomic E-state index is 16.1. The van der Waals surface area contributed by atoms with Crippen LogP contribution in [-0.4, -0.2) is 48.1 Å². The molecule has 6 aromatic rings. The number of benzene rings is 2. The minimum atomic E-state index is -0.398. The third-order valence-corrected chi connectivity index (χ3v) is 7.13. The molecule has 0 spiro atoms. The van der Waals surface area contributed by atoms with Crippen molar-refractivity contribution >= 4 is 22.1 Å². The molecular weight excluding hydrogens is 484 g/mol. The number of rotatable bonds is 5. The van der Waals surface area contributed by atoms with E-state index in [0.29, 0.717) is 50.3 Å². The van der Waals surface area contributed by atoms with E-state index >= 15 is 4.39 Å². The second kappa shape index (κ2) is 9.11. The first-order valence-electron chi connectivity index (χ1n) is 12.6. The van der Waals surface area contributed by atoms with Gasteiger partial charge >= 0.3 is 0 Å². The second-order valence-corrected chi connectivity index (χ2v) is 9.64. The Bertz CT molecular complexity index is 1800. The summed E-state index contributed by atoms with van der Waals surface area (Å²) in [5.74, 6) is -0.358. The molecule has 7 rings (SSSR count). The summed E-state index contributed by atoms with van der Waals surface area (Å²) >= 11 is 0. The minimum Gasteiger partial charge on any atom is -0.335 e. The molecule has 0 unspecified atom stereocenters. The fraction of sp³-hybridized carbons (Fsp3) is 0.172. The molecule has 4 aromatic heterocycles. The highest BCUT2D eigenvalue weighted by Gasteiger charge is 2.21. The van der Waals surface area contributed by atoms with Crippen LogP contribution in [0.1, 0.15) is 18.4 Å². The van der Waals surface area contributed by atoms with Gasteiger partial charge in [0.2, 0.25) is 0 Å². The van der Waals surface area contributed by atoms with Crippen LogP contribution in [0.3, 0.4) is 0 Å². The van der Waals surface area contributed by atoms with Crippen molar-refractivity contribution in [3.8, 4) is 33.8 Å². The SMILES string of the molecule is Fc1cccc(-c2ccnc3nc(-c4n[nH]c5ccc(-c6cncc(CN7CCCC7)c6)c(F)c45)[nH]c23)c1. The van der Waals surface area contributed by atoms with Gasteiger partial charge in [-0.2, -0.15) is 5.10 Å². The third-order valence-electron chi connectivity index (χ3n) is 7.13. The van der Waals surface area contributed by atoms with E-state index in [1.54, 1.807) is 30.6 Å². The topological polar surface area (TPSA) is 86.4 Å². The van der Waals surface area contributed by atoms with Crippen molar-refractivity contribution in [1.29, 1.82) is 0 Å². The van der Waals surface area contributed by atoms with E-state index in [1.165, 1.54) is 25.0 Å². The Morgan fingerprint density at radius 1 is 0.921 bits per heavy atom. The number of imidazole rings is 1. The van der Waals surface area contributed by atoms with Gasteiger partial charge in [0.15, 0.2) is 11.5 Å². The van der Waals surface area contributed by atoms with Crippen LogP contribution in [0.2, 0.25) is 0 Å². The lowest BCUT2D eigenvalue weighted by atomic mass is 10.0. The Morgan fingerprint density at radius 3 is 2.68 bits per heavy atom. The van der Waals surface area contributed by atoms with E-state index in [1.807, 2.05) is 24.4 Å². The number of fused-ring (bicyclic) bond motifs is 2. The van der Waals surface area contributed by atoms with Crippen LogP contribution in [0.5, 0.6) is 0 Å². The lowest BCUT2D eigenvalue weighted by Gasteiger charge is -2.15. The lowest BCUT2D eigenvalue weighted by molar-refractivity contribution is 0.331. The van der Waals surface area contributed by atoms with E-state index in [2.05, 4.69) is 35.0 Å². The van der Waals surface area contributed by atoms with Crippen LogP contribution in [0.15, 0.2) is 67.1 Å². The van der Waals surface area contributed by atoms with Gasteiger partial charge in [0.05, 0.1) is 16.4 Å². The van der Waals surface area contributed by atoms with Crippen molar-refractivity contribution in [3.63, 3.8) is 0 Å². The molecule has 7 nitrogen and oxygen atoms in total. The average molecular weight is 508 g/mol. The van der Waals surface area contributed by atoms with Crippen LogP contribution >= 0.6 is 0 Å². The Labute approximate surface area is 216 Å². The number of hydrogen-bond donors (Lipinski definition) is 2. The van der Waals surface area contributed by atoms with Crippen molar-refractivity contribution in [2.45, 2.75) is 19.4 Å². The molecule has 0 amide bonds. The van der Waals surface area contributed by atoms with Crippen molar-refractivity contribution < 1.29 is 8.78 Å². The summed E-state index contributed by atoms with van der Waals surface area (Å²) in [5, 5.41) is 7.64. The van der Waals surface area contributed by atoms with Gasteiger partial charge in [-0.05, 0) is 73.5 Å². The molecule has 2 N–H and O–H groups in total. The molecule has 1 aliphatic heterocycles. The van der Waals surface area contributed by atoms with Gasteiger partial charge in [0, 0.05) is 41.8 Å². The third kappa shape index (κ3) is 3.92. The van der Waals surface area contributed by atoms with Gasteiger partial charge < -0.3 is 4.98 Å². The van der Waals surface area contributed by atoms with E-state index in [0.717, 1.165) is 30.8 Å². The molecule has 0 saturated carbocycles. The van der Waals surface area contributed by atoms with Crippen LogP contribution < -0.4 is 0 Å². The van der Waals surface area contributed by atoms with E-state index < -0.39 is 5.82 Å². The summed E-state index contributed by atoms with van der Waals surface area (Å²) in [5.41, 5.74) is 5.63. The molecule has 0 atom stereocenters. The summed E-state index contributed by atoms with van der Waals surface area (Å²) in [6, 6.07) is 13.7. The first kappa shape index (κ1) is 22.7. The number of halogens is 2. The number of hydrogen-bond acceptors (Lipinski definition) is 5. The standard InChI is InChI=1S/C29H23F2N7/c30-20-5-3-4-18(13-20)22-8-9-33-28-26(22)34-29(35-28)27-24-23(36-37-27)7-6-21(25(24)31)19-12-17(14-32-15-19)16-38-10-1-2-11-38/h3-9,12-15H,1-2,10-11,16H2,(H,36,37)(H,33,34,35). The molecule has 5 heterocycles. The maximum atomic E-state index is 16.1. The van der Waals surface area contributed by atoms with E-state index in [4.69, 9.17) is 0 Å². The number of aromatic nitrogens is 6. The van der Waals surface area contributed by atoms with Gasteiger partial charge in [-0.15, -0.1) is 0 Å². The van der Waals surface area contributed by atoms with Gasteiger partial charge in [-0.1, -0.05) is 12.1 Å². The van der Waals surface area contributed by atoms with E-state index in [-0.39, 0.29) is 5.82 Å². The molecule has 0 radical (unpaired) electrons. The number of nitrogens with zero attached hydrogens (tertiary/aromatic N) is 5. The van der Waals surface area contributed by atoms with Crippen LogP contribution in [0.4, 0.5) is 8.78 Å². The number of likely N-dealkylation sites (tertiary alicyclic amines) is 1. The molecular formula is C29H23F2N7. The van der Waals surface area contributed by atoms with Gasteiger partial charge in [0.1, 0.15) is 17.3 Å². The Hall–Kier alpha value is -4.50. The number of pyridine rings is 2. The summed E-state index contributed by atoms with van der Waals surface area (Å²) in [6.07, 6.45) is 7.58. The smallest absolute Gasteiger partial charge is 0.178 e. The summed E-state index contributed by atoms with van der Waals surface area (Å²) < 4.78 is 30.0. The molecule has 1 aliphatic rings. The average Bonchev–Trinajstić information content (AvgIpc) is 3.68. The number of nitrogens with one attached hydrogen (secondary N) is 2. The summed E-state index contributed by atoms with van der Waals surface area (Å²) in [6.45, 7) is 2.97. The number of H-pyrrole nitrogens is 2. The zero-order valence-electron chi connectivity index (χ0n) is 20.4. The van der Waals surface area contributed by atoms with Crippen molar-refractivity contribution in [2.24, 2.45) is 0 Å². The summed E-state index contributed by atoms with van der Waals surface area (Å²) in [7, 11) is 0. The highest BCUT2D eigenvalue weighted by atomic mass is 19.1. The molecule has 38 heavy (non-hydrogen) atoms. The minimum absolute atomic E-state index is 0.332. The Kier molecular flexibility index (Phi) is 5.44. The zero-order chi connectivity index (χ0) is 25.6. The second-order valence-electron chi connectivity index (χ2n) is 9.64. The summed E-state index contributed by atoms with van der Waals surface area (Å²) in [4.78, 5) is 19.0. The van der Waals surface area contributed by atoms with Crippen molar-refractivity contribution in [3.05, 3.63) is 84.3 Å². The predicted octanol–water partition coefficient (Wildman–Crippen LogP) is 6.10. The molecule has 0 aliphatic carbocycles. The van der Waals surface area contributed by atoms with Crippen LogP contribution in [0, 0.1) is 11.6 Å². The molecule has 9 heteroatoms. The maximum Gasteiger partial charge on any atom is 0.178 e. The first-order valence-corrected chi connectivity index (χ1v) is 12.6. The Morgan fingerprint density at radius 2 is 1.82 bits per heavy atom. The normalized spacial score (nSPS) is 14.2. The quantitative estimate of drug-likeness (QED) is 0.294. The zero-order valence-corrected chi connectivity index (χ0v) is 20.4. The van der Waals surface area contributed by atoms with Crippen molar-refractivity contribution in [1.82, 2.24) is 35.0 Å². The van der Waals surface area contributed by atoms with Gasteiger partial charge in [0.25, 0.3) is 0 Å². The van der Waals surface area contributed by atoms with Crippen molar-refractivity contribution in [2.75, 3.05) is 13.1 Å². The monoisotopic (exact) mass is 507 g/mol. The predicted molar refractivity (Wildman–Crippen MR) is 142 cm³/mol. The number of aromatic amines is 2. The highest BCUT2D eigenvalue weighted by Crippen LogP contribution is 2.35. The van der Waals surface area contributed by atoms with E-state index in [9.17, 15) is 4.39 Å². The van der Waals surface area contributed by atoms with Gasteiger partial charge in [-0.25, -0.2) is 18.7 Å². The molecule has 0 bridgehead atoms. The Balaban J connectivity index is 1.31. The molecule has 2 aromatic carbocycles. The van der Waals surface area contributed by atoms with Crippen LogP contribution in [0.25, 0.3) is 55.8 Å². The first-order chi connectivity index (χ1) is 18.6. The van der Waals surface area contributed by atoms with Crippen LogP contribution in [-0.2, 0) is 6.54 Å². The largest absolute Gasteiger partial charge is 0.335 e. The highest BCUT2D eigenvalue weighted by molar-refractivity contribution is 5.98.